The van der Waals surface area contributed by atoms with Gasteiger partial charge in [0, 0.05) is 4.47 Å². The molecule has 0 saturated carbocycles. The van der Waals surface area contributed by atoms with Gasteiger partial charge < -0.3 is 4.84 Å². The largest absolute Gasteiger partial charge is 0.339 e. The number of benzene rings is 2. The summed E-state index contributed by atoms with van der Waals surface area (Å²) >= 11 is 3.37. The van der Waals surface area contributed by atoms with E-state index in [2.05, 4.69) is 21.1 Å². The minimum Gasteiger partial charge on any atom is -0.318 e. The van der Waals surface area contributed by atoms with E-state index in [4.69, 9.17) is 4.84 Å². The monoisotopic (exact) mass is 331 g/mol. The molecule has 20 heavy (non-hydrogen) atoms. The van der Waals surface area contributed by atoms with E-state index >= 15 is 0 Å². The number of halogens is 1. The van der Waals surface area contributed by atoms with Crippen molar-refractivity contribution in [3.05, 3.63) is 70.2 Å². The Kier molecular flexibility index (Phi) is 5.07. The summed E-state index contributed by atoms with van der Waals surface area (Å²) < 4.78 is 0.995. The van der Waals surface area contributed by atoms with E-state index in [-0.39, 0.29) is 12.4 Å². The van der Waals surface area contributed by atoms with E-state index in [9.17, 15) is 4.79 Å². The molecule has 4 heteroatoms. The molecule has 2 aromatic carbocycles. The van der Waals surface area contributed by atoms with Gasteiger partial charge in [0.2, 0.25) is 0 Å². The summed E-state index contributed by atoms with van der Waals surface area (Å²) in [4.78, 5) is 16.6. The molecule has 102 valence electrons. The predicted molar refractivity (Wildman–Crippen MR) is 82.6 cm³/mol. The Morgan fingerprint density at radius 1 is 1.10 bits per heavy atom. The van der Waals surface area contributed by atoms with Crippen LogP contribution in [0.1, 0.15) is 18.1 Å². The highest BCUT2D eigenvalue weighted by Crippen LogP contribution is 2.11. The van der Waals surface area contributed by atoms with Crippen molar-refractivity contribution in [3.63, 3.8) is 0 Å². The third kappa shape index (κ3) is 4.31. The molecule has 0 aliphatic heterocycles. The molecule has 0 aromatic heterocycles. The lowest BCUT2D eigenvalue weighted by atomic mass is 10.1. The average Bonchev–Trinajstić information content (AvgIpc) is 2.46. The molecule has 2 aromatic rings. The first-order valence-electron chi connectivity index (χ1n) is 6.19. The predicted octanol–water partition coefficient (Wildman–Crippen LogP) is 3.96. The number of hydrogen-bond donors (Lipinski definition) is 0. The van der Waals surface area contributed by atoms with Gasteiger partial charge in [-0.25, -0.2) is 4.79 Å². The second-order valence-corrected chi connectivity index (χ2v) is 5.22. The molecule has 0 spiro atoms. The Balaban J connectivity index is 1.95. The Labute approximate surface area is 126 Å². The molecule has 0 amide bonds. The summed E-state index contributed by atoms with van der Waals surface area (Å²) in [6.45, 7) is 1.80. The lowest BCUT2D eigenvalue weighted by molar-refractivity contribution is -0.142. The van der Waals surface area contributed by atoms with Crippen molar-refractivity contribution < 1.29 is 9.63 Å². The zero-order valence-electron chi connectivity index (χ0n) is 11.0. The third-order valence-electron chi connectivity index (χ3n) is 2.74. The van der Waals surface area contributed by atoms with Crippen molar-refractivity contribution >= 4 is 27.6 Å². The quantitative estimate of drug-likeness (QED) is 0.483. The molecule has 0 fully saturated rings. The van der Waals surface area contributed by atoms with Gasteiger partial charge in [-0.05, 0) is 30.2 Å². The highest BCUT2D eigenvalue weighted by molar-refractivity contribution is 9.10. The van der Waals surface area contributed by atoms with E-state index < -0.39 is 0 Å². The summed E-state index contributed by atoms with van der Waals surface area (Å²) in [6.07, 6.45) is 0.220. The van der Waals surface area contributed by atoms with Gasteiger partial charge in [0.1, 0.15) is 0 Å². The van der Waals surface area contributed by atoms with Gasteiger partial charge in [-0.3, -0.25) is 0 Å². The van der Waals surface area contributed by atoms with Crippen LogP contribution < -0.4 is 0 Å². The molecule has 0 atom stereocenters. The maximum Gasteiger partial charge on any atom is 0.339 e. The molecule has 0 aliphatic rings. The zero-order valence-corrected chi connectivity index (χ0v) is 12.6. The van der Waals surface area contributed by atoms with Crippen LogP contribution in [-0.2, 0) is 16.1 Å². The zero-order chi connectivity index (χ0) is 14.4. The van der Waals surface area contributed by atoms with Crippen LogP contribution in [0.25, 0.3) is 0 Å². The number of nitrogens with zero attached hydrogens (tertiary/aromatic N) is 1. The summed E-state index contributed by atoms with van der Waals surface area (Å²) in [5.41, 5.74) is 2.49. The lowest BCUT2D eigenvalue weighted by Gasteiger charge is -2.02. The van der Waals surface area contributed by atoms with E-state index in [0.717, 1.165) is 15.6 Å². The van der Waals surface area contributed by atoms with Crippen molar-refractivity contribution in [2.24, 2.45) is 5.16 Å². The van der Waals surface area contributed by atoms with E-state index in [0.29, 0.717) is 5.71 Å². The van der Waals surface area contributed by atoms with Crippen LogP contribution in [0.4, 0.5) is 0 Å². The lowest BCUT2D eigenvalue weighted by Crippen LogP contribution is -2.06. The smallest absolute Gasteiger partial charge is 0.318 e. The van der Waals surface area contributed by atoms with E-state index in [1.165, 1.54) is 0 Å². The fourth-order valence-corrected chi connectivity index (χ4v) is 1.92. The Hall–Kier alpha value is -1.94. The molecule has 0 saturated heterocycles. The molecular formula is C16H14BrNO2. The van der Waals surface area contributed by atoms with E-state index in [1.807, 2.05) is 54.6 Å². The normalized spacial score (nSPS) is 11.2. The van der Waals surface area contributed by atoms with Crippen molar-refractivity contribution in [1.82, 2.24) is 0 Å². The fourth-order valence-electron chi connectivity index (χ4n) is 1.66. The van der Waals surface area contributed by atoms with Gasteiger partial charge in [-0.1, -0.05) is 63.6 Å². The molecule has 0 unspecified atom stereocenters. The van der Waals surface area contributed by atoms with Gasteiger partial charge in [0.25, 0.3) is 0 Å². The molecule has 0 radical (unpaired) electrons. The Morgan fingerprint density at radius 2 is 1.75 bits per heavy atom. The highest BCUT2D eigenvalue weighted by atomic mass is 79.9. The summed E-state index contributed by atoms with van der Waals surface area (Å²) in [5, 5.41) is 3.87. The molecule has 0 aliphatic carbocycles. The topological polar surface area (TPSA) is 38.7 Å². The SMILES string of the molecule is C/C(=N/OC(=O)Cc1ccccc1)c1ccc(Br)cc1. The van der Waals surface area contributed by atoms with Crippen molar-refractivity contribution in [1.29, 1.82) is 0 Å². The molecule has 3 nitrogen and oxygen atoms in total. The van der Waals surface area contributed by atoms with Gasteiger partial charge >= 0.3 is 5.97 Å². The van der Waals surface area contributed by atoms with Crippen LogP contribution in [0.15, 0.2) is 64.2 Å². The number of oxime groups is 1. The van der Waals surface area contributed by atoms with Crippen LogP contribution >= 0.6 is 15.9 Å². The molecule has 0 bridgehead atoms. The van der Waals surface area contributed by atoms with Gasteiger partial charge in [0.05, 0.1) is 12.1 Å². The standard InChI is InChI=1S/C16H14BrNO2/c1-12(14-7-9-15(17)10-8-14)18-20-16(19)11-13-5-3-2-4-6-13/h2-10H,11H2,1H3/b18-12-. The van der Waals surface area contributed by atoms with Crippen LogP contribution in [0.2, 0.25) is 0 Å². The number of carbonyl (C=O) groups is 1. The van der Waals surface area contributed by atoms with Gasteiger partial charge in [-0.15, -0.1) is 0 Å². The molecule has 0 heterocycles. The maximum atomic E-state index is 11.7. The molecular weight excluding hydrogens is 318 g/mol. The summed E-state index contributed by atoms with van der Waals surface area (Å²) in [6, 6.07) is 17.1. The maximum absolute atomic E-state index is 11.7. The Bertz CT molecular complexity index is 606. The third-order valence-corrected chi connectivity index (χ3v) is 3.27. The molecule has 2 rings (SSSR count). The minimum atomic E-state index is -0.368. The number of rotatable bonds is 4. The second-order valence-electron chi connectivity index (χ2n) is 4.31. The van der Waals surface area contributed by atoms with Crippen LogP contribution in [0, 0.1) is 0 Å². The summed E-state index contributed by atoms with van der Waals surface area (Å²) in [7, 11) is 0. The first kappa shape index (κ1) is 14.5. The van der Waals surface area contributed by atoms with Crippen LogP contribution in [0.5, 0.6) is 0 Å². The van der Waals surface area contributed by atoms with Gasteiger partial charge in [-0.2, -0.15) is 0 Å². The van der Waals surface area contributed by atoms with Crippen LogP contribution in [0.3, 0.4) is 0 Å². The second kappa shape index (κ2) is 7.01. The highest BCUT2D eigenvalue weighted by Gasteiger charge is 2.05. The first-order valence-corrected chi connectivity index (χ1v) is 6.99. The first-order chi connectivity index (χ1) is 9.65. The van der Waals surface area contributed by atoms with Crippen LogP contribution in [-0.4, -0.2) is 11.7 Å². The number of carbonyl (C=O) groups excluding carboxylic acids is 1. The molecule has 0 N–H and O–H groups in total. The fraction of sp³-hybridized carbons (Fsp3) is 0.125. The van der Waals surface area contributed by atoms with Crippen molar-refractivity contribution in [2.75, 3.05) is 0 Å². The van der Waals surface area contributed by atoms with Crippen molar-refractivity contribution in [3.8, 4) is 0 Å². The summed E-state index contributed by atoms with van der Waals surface area (Å²) in [5.74, 6) is -0.368. The number of hydrogen-bond acceptors (Lipinski definition) is 3. The van der Waals surface area contributed by atoms with Gasteiger partial charge in [0.15, 0.2) is 0 Å². The van der Waals surface area contributed by atoms with Crippen molar-refractivity contribution in [2.45, 2.75) is 13.3 Å². The Morgan fingerprint density at radius 3 is 2.40 bits per heavy atom. The minimum absolute atomic E-state index is 0.220. The van der Waals surface area contributed by atoms with E-state index in [1.54, 1.807) is 6.92 Å². The average molecular weight is 332 g/mol.